The van der Waals surface area contributed by atoms with Gasteiger partial charge in [0.2, 0.25) is 0 Å². The molecule has 0 spiro atoms. The first-order chi connectivity index (χ1) is 25.9. The van der Waals surface area contributed by atoms with Crippen LogP contribution in [0.2, 0.25) is 0 Å². The van der Waals surface area contributed by atoms with Crippen LogP contribution in [0.3, 0.4) is 0 Å². The summed E-state index contributed by atoms with van der Waals surface area (Å²) in [5, 5.41) is 18.4. The second kappa shape index (κ2) is 13.3. The Morgan fingerprint density at radius 1 is 0.679 bits per heavy atom. The Morgan fingerprint density at radius 2 is 1.40 bits per heavy atom. The number of fused-ring (bicyclic) bond motifs is 5. The van der Waals surface area contributed by atoms with E-state index in [0.29, 0.717) is 5.84 Å². The first kappa shape index (κ1) is 32.5. The van der Waals surface area contributed by atoms with Crippen LogP contribution in [0.5, 0.6) is 0 Å². The van der Waals surface area contributed by atoms with Gasteiger partial charge in [0, 0.05) is 23.2 Å². The summed E-state index contributed by atoms with van der Waals surface area (Å²) in [7, 11) is 0. The Hall–Kier alpha value is -6.45. The molecule has 1 aliphatic carbocycles. The van der Waals surface area contributed by atoms with E-state index in [0.717, 1.165) is 23.2 Å². The average Bonchev–Trinajstić information content (AvgIpc) is 3.44. The van der Waals surface area contributed by atoms with E-state index in [-0.39, 0.29) is 11.5 Å². The molecule has 2 aliphatic rings. The van der Waals surface area contributed by atoms with Gasteiger partial charge >= 0.3 is 0 Å². The summed E-state index contributed by atoms with van der Waals surface area (Å²) in [6.07, 6.45) is 8.67. The molecular weight excluding hydrogens is 643 g/mol. The maximum atomic E-state index is 8.91. The molecule has 1 unspecified atom stereocenters. The highest BCUT2D eigenvalue weighted by Crippen LogP contribution is 2.53. The van der Waals surface area contributed by atoms with E-state index in [1.165, 1.54) is 66.5 Å². The monoisotopic (exact) mass is 683 g/mol. The minimum absolute atomic E-state index is 0.0730. The molecule has 7 aromatic carbocycles. The van der Waals surface area contributed by atoms with E-state index < -0.39 is 0 Å². The molecule has 3 heteroatoms. The molecule has 0 bridgehead atoms. The maximum Gasteiger partial charge on any atom is 0.126 e. The first-order valence-corrected chi connectivity index (χ1v) is 18.4. The SMILES string of the molecule is CC1(C)c2cc3ccccc3cc2-c2c(-c3ccc(/C=C/C(NC(=N)c4ccccc4)c4ccc(-c5ccc6c(c5)C=CCN6)cc4)cc3)cccc21. The summed E-state index contributed by atoms with van der Waals surface area (Å²) in [5.41, 5.74) is 15.6. The van der Waals surface area contributed by atoms with Crippen LogP contribution in [0.25, 0.3) is 56.3 Å². The van der Waals surface area contributed by atoms with Crippen molar-refractivity contribution in [1.29, 1.82) is 5.41 Å². The molecule has 0 fully saturated rings. The second-order valence-electron chi connectivity index (χ2n) is 14.6. The fraction of sp³-hybridized carbons (Fsp3) is 0.100. The molecule has 1 heterocycles. The summed E-state index contributed by atoms with van der Waals surface area (Å²) >= 11 is 0. The van der Waals surface area contributed by atoms with Crippen LogP contribution in [0.15, 0.2) is 164 Å². The molecule has 0 radical (unpaired) electrons. The molecule has 7 aromatic rings. The molecule has 0 amide bonds. The third-order valence-corrected chi connectivity index (χ3v) is 11.0. The van der Waals surface area contributed by atoms with E-state index in [1.807, 2.05) is 30.3 Å². The molecule has 3 N–H and O–H groups in total. The lowest BCUT2D eigenvalue weighted by Crippen LogP contribution is -2.27. The Kier molecular flexibility index (Phi) is 8.12. The lowest BCUT2D eigenvalue weighted by atomic mass is 9.81. The van der Waals surface area contributed by atoms with Gasteiger partial charge in [0.15, 0.2) is 0 Å². The van der Waals surface area contributed by atoms with Crippen molar-refractivity contribution in [3.05, 3.63) is 197 Å². The Balaban J connectivity index is 1.02. The van der Waals surface area contributed by atoms with Crippen LogP contribution in [0.1, 0.15) is 53.3 Å². The number of rotatable bonds is 7. The van der Waals surface area contributed by atoms with Gasteiger partial charge in [0.25, 0.3) is 0 Å². The van der Waals surface area contributed by atoms with Crippen LogP contribution in [0, 0.1) is 5.41 Å². The maximum absolute atomic E-state index is 8.91. The Bertz CT molecular complexity index is 2560. The summed E-state index contributed by atoms with van der Waals surface area (Å²) in [5.74, 6) is 0.391. The van der Waals surface area contributed by atoms with Crippen molar-refractivity contribution in [3.8, 4) is 33.4 Å². The molecule has 0 saturated heterocycles. The van der Waals surface area contributed by atoms with Gasteiger partial charge in [-0.3, -0.25) is 5.41 Å². The molecule has 53 heavy (non-hydrogen) atoms. The second-order valence-corrected chi connectivity index (χ2v) is 14.6. The highest BCUT2D eigenvalue weighted by atomic mass is 15.0. The molecule has 3 nitrogen and oxygen atoms in total. The van der Waals surface area contributed by atoms with Crippen LogP contribution in [-0.2, 0) is 5.41 Å². The number of anilines is 1. The molecule has 9 rings (SSSR count). The lowest BCUT2D eigenvalue weighted by molar-refractivity contribution is 0.661. The van der Waals surface area contributed by atoms with Crippen molar-refractivity contribution in [2.24, 2.45) is 0 Å². The third-order valence-electron chi connectivity index (χ3n) is 11.0. The molecule has 1 aliphatic heterocycles. The van der Waals surface area contributed by atoms with Crippen molar-refractivity contribution < 1.29 is 0 Å². The average molecular weight is 684 g/mol. The molecule has 0 saturated carbocycles. The summed E-state index contributed by atoms with van der Waals surface area (Å²) in [4.78, 5) is 0. The van der Waals surface area contributed by atoms with Crippen molar-refractivity contribution in [2.45, 2.75) is 25.3 Å². The normalized spacial score (nSPS) is 14.3. The smallest absolute Gasteiger partial charge is 0.126 e. The zero-order valence-corrected chi connectivity index (χ0v) is 30.0. The van der Waals surface area contributed by atoms with Crippen molar-refractivity contribution in [3.63, 3.8) is 0 Å². The molecular formula is C50H41N3. The fourth-order valence-corrected chi connectivity index (χ4v) is 8.06. The van der Waals surface area contributed by atoms with E-state index in [9.17, 15) is 0 Å². The number of benzene rings is 7. The zero-order chi connectivity index (χ0) is 35.9. The van der Waals surface area contributed by atoms with Crippen LogP contribution < -0.4 is 10.6 Å². The van der Waals surface area contributed by atoms with Gasteiger partial charge in [-0.1, -0.05) is 166 Å². The summed E-state index contributed by atoms with van der Waals surface area (Å²) < 4.78 is 0. The van der Waals surface area contributed by atoms with Gasteiger partial charge < -0.3 is 10.6 Å². The number of hydrogen-bond acceptors (Lipinski definition) is 2. The highest BCUT2D eigenvalue weighted by Gasteiger charge is 2.37. The van der Waals surface area contributed by atoms with Crippen molar-refractivity contribution in [2.75, 3.05) is 11.9 Å². The topological polar surface area (TPSA) is 47.9 Å². The molecule has 256 valence electrons. The van der Waals surface area contributed by atoms with Gasteiger partial charge in [0.05, 0.1) is 6.04 Å². The largest absolute Gasteiger partial charge is 0.381 e. The van der Waals surface area contributed by atoms with Crippen LogP contribution >= 0.6 is 0 Å². The predicted octanol–water partition coefficient (Wildman–Crippen LogP) is 12.3. The van der Waals surface area contributed by atoms with Gasteiger partial charge in [-0.25, -0.2) is 0 Å². The van der Waals surface area contributed by atoms with Gasteiger partial charge in [-0.15, -0.1) is 0 Å². The Labute approximate surface area is 311 Å². The highest BCUT2D eigenvalue weighted by molar-refractivity contribution is 5.99. The lowest BCUT2D eigenvalue weighted by Gasteiger charge is -2.22. The van der Waals surface area contributed by atoms with Crippen molar-refractivity contribution >= 4 is 34.4 Å². The summed E-state index contributed by atoms with van der Waals surface area (Å²) in [6.45, 7) is 5.57. The quantitative estimate of drug-likeness (QED) is 0.116. The number of hydrogen-bond donors (Lipinski definition) is 3. The van der Waals surface area contributed by atoms with Crippen LogP contribution in [-0.4, -0.2) is 12.4 Å². The zero-order valence-electron chi connectivity index (χ0n) is 30.0. The minimum Gasteiger partial charge on any atom is -0.381 e. The molecule has 0 aromatic heterocycles. The Morgan fingerprint density at radius 3 is 2.19 bits per heavy atom. The third kappa shape index (κ3) is 6.04. The van der Waals surface area contributed by atoms with Gasteiger partial charge in [-0.05, 0) is 96.2 Å². The number of amidine groups is 1. The van der Waals surface area contributed by atoms with Crippen LogP contribution in [0.4, 0.5) is 5.69 Å². The van der Waals surface area contributed by atoms with E-state index in [2.05, 4.69) is 170 Å². The van der Waals surface area contributed by atoms with E-state index in [1.54, 1.807) is 0 Å². The first-order valence-electron chi connectivity index (χ1n) is 18.4. The predicted molar refractivity (Wildman–Crippen MR) is 225 cm³/mol. The van der Waals surface area contributed by atoms with Gasteiger partial charge in [-0.2, -0.15) is 0 Å². The van der Waals surface area contributed by atoms with Crippen molar-refractivity contribution in [1.82, 2.24) is 5.32 Å². The van der Waals surface area contributed by atoms with Gasteiger partial charge in [0.1, 0.15) is 5.84 Å². The standard InChI is InChI=1S/C50H41N3/c1-50(2)44-16-8-15-42(48(44)43-31-38-12-6-7-13-39(38)32-45(43)50)35-20-17-33(18-21-35)19-27-47(53-49(51)37-10-4-3-5-11-37)36-24-22-34(23-25-36)40-26-28-46-41(30-40)14-9-29-52-46/h3-28,30-32,47,52H,29H2,1-2H3,(H2,51,53)/b27-19+. The molecule has 1 atom stereocenters. The minimum atomic E-state index is -0.196. The summed E-state index contributed by atoms with van der Waals surface area (Å²) in [6, 6.07) is 54.1. The number of nitrogens with one attached hydrogen (secondary N) is 3. The fourth-order valence-electron chi connectivity index (χ4n) is 8.06. The van der Waals surface area contributed by atoms with E-state index in [4.69, 9.17) is 5.41 Å². The van der Waals surface area contributed by atoms with E-state index >= 15 is 0 Å².